The van der Waals surface area contributed by atoms with Crippen molar-refractivity contribution >= 4 is 71.4 Å². The molecule has 0 saturated carbocycles. The zero-order chi connectivity index (χ0) is 25.0. The van der Waals surface area contributed by atoms with E-state index in [1.807, 2.05) is 0 Å². The minimum Gasteiger partial charge on any atom is -0.545 e. The summed E-state index contributed by atoms with van der Waals surface area (Å²) in [6, 6.07) is 5.06. The van der Waals surface area contributed by atoms with Gasteiger partial charge < -0.3 is 39.6 Å². The number of rotatable bonds is 6. The van der Waals surface area contributed by atoms with Crippen LogP contribution >= 0.6 is 0 Å². The third kappa shape index (κ3) is 7.56. The normalized spacial score (nSPS) is 10.7. The third-order valence-corrected chi connectivity index (χ3v) is 5.25. The van der Waals surface area contributed by atoms with Gasteiger partial charge in [0.15, 0.2) is 0 Å². The number of carboxylic acid groups (broad SMARTS) is 4. The molecular formula is C16H8O14PbS2-4. The van der Waals surface area contributed by atoms with Crippen molar-refractivity contribution in [2.24, 2.45) is 0 Å². The molecular weight excluding hydrogens is 687 g/mol. The Labute approximate surface area is 204 Å². The monoisotopic (exact) mass is 696 g/mol. The van der Waals surface area contributed by atoms with Crippen molar-refractivity contribution in [1.82, 2.24) is 0 Å². The molecule has 0 atom stereocenters. The van der Waals surface area contributed by atoms with Gasteiger partial charge in [0, 0.05) is 49.6 Å². The molecule has 0 heterocycles. The standard InChI is InChI=1S/2C8H6O7S.Pb/c2*9-7(10)4-2-1-3-5(16(13,14)15)6(4)8(11)12;/h2*1-3H,(H,9,10)(H,11,12)(H,13,14,15);/p-4. The molecule has 2 aromatic rings. The van der Waals surface area contributed by atoms with Crippen LogP contribution in [0.5, 0.6) is 0 Å². The van der Waals surface area contributed by atoms with Crippen LogP contribution in [-0.2, 0) is 20.2 Å². The van der Waals surface area contributed by atoms with E-state index in [0.717, 1.165) is 36.4 Å². The zero-order valence-electron chi connectivity index (χ0n) is 15.6. The summed E-state index contributed by atoms with van der Waals surface area (Å²) in [7, 11) is -9.69. The largest absolute Gasteiger partial charge is 0.545 e. The van der Waals surface area contributed by atoms with E-state index in [1.54, 1.807) is 0 Å². The molecule has 0 aromatic heterocycles. The van der Waals surface area contributed by atoms with Crippen LogP contribution < -0.4 is 20.4 Å². The molecule has 0 spiro atoms. The van der Waals surface area contributed by atoms with E-state index in [1.165, 1.54) is 0 Å². The zero-order valence-corrected chi connectivity index (χ0v) is 21.1. The molecule has 0 unspecified atom stereocenters. The molecule has 0 aliphatic rings. The molecule has 0 fully saturated rings. The Hall–Kier alpha value is -2.94. The second-order valence-electron chi connectivity index (χ2n) is 5.46. The van der Waals surface area contributed by atoms with Crippen molar-refractivity contribution in [3.05, 3.63) is 58.7 Å². The van der Waals surface area contributed by atoms with Crippen LogP contribution in [0.4, 0.5) is 0 Å². The summed E-state index contributed by atoms with van der Waals surface area (Å²) < 4.78 is 60.5. The Morgan fingerprint density at radius 3 is 1.03 bits per heavy atom. The van der Waals surface area contributed by atoms with Crippen LogP contribution in [-0.4, -0.2) is 77.1 Å². The van der Waals surface area contributed by atoms with E-state index >= 15 is 0 Å². The van der Waals surface area contributed by atoms with Crippen LogP contribution in [0.25, 0.3) is 0 Å². The van der Waals surface area contributed by atoms with E-state index in [9.17, 15) is 56.4 Å². The Balaban J connectivity index is 0.000000602. The number of hydrogen-bond acceptors (Lipinski definition) is 12. The summed E-state index contributed by atoms with van der Waals surface area (Å²) in [5, 5.41) is 42.3. The maximum absolute atomic E-state index is 10.8. The predicted octanol–water partition coefficient (Wildman–Crippen LogP) is -5.06. The van der Waals surface area contributed by atoms with Gasteiger partial charge in [-0.15, -0.1) is 0 Å². The van der Waals surface area contributed by atoms with E-state index in [2.05, 4.69) is 0 Å². The van der Waals surface area contributed by atoms with Gasteiger partial charge in [0.2, 0.25) is 0 Å². The van der Waals surface area contributed by atoms with Crippen molar-refractivity contribution in [1.29, 1.82) is 0 Å². The number of carbonyl (C=O) groups is 4. The summed E-state index contributed by atoms with van der Waals surface area (Å²) in [5.41, 5.74) is -4.03. The fourth-order valence-electron chi connectivity index (χ4n) is 2.25. The quantitative estimate of drug-likeness (QED) is 0.212. The summed E-state index contributed by atoms with van der Waals surface area (Å²) in [5.74, 6) is -7.84. The van der Waals surface area contributed by atoms with E-state index in [4.69, 9.17) is 9.11 Å². The summed E-state index contributed by atoms with van der Waals surface area (Å²) in [4.78, 5) is 40.2. The summed E-state index contributed by atoms with van der Waals surface area (Å²) in [6.07, 6.45) is 0. The number of aromatic carboxylic acids is 4. The van der Waals surface area contributed by atoms with Crippen LogP contribution in [0.1, 0.15) is 41.4 Å². The van der Waals surface area contributed by atoms with Crippen LogP contribution in [0.2, 0.25) is 0 Å². The second kappa shape index (κ2) is 11.3. The second-order valence-corrected chi connectivity index (χ2v) is 8.24. The smallest absolute Gasteiger partial charge is 0.295 e. The Morgan fingerprint density at radius 2 is 0.848 bits per heavy atom. The first kappa shape index (κ1) is 30.1. The van der Waals surface area contributed by atoms with Crippen molar-refractivity contribution in [3.8, 4) is 0 Å². The molecule has 0 aliphatic heterocycles. The Kier molecular flexibility index (Phi) is 10.3. The fourth-order valence-corrected chi connectivity index (χ4v) is 3.66. The van der Waals surface area contributed by atoms with Crippen molar-refractivity contribution < 1.29 is 65.5 Å². The van der Waals surface area contributed by atoms with Crippen molar-refractivity contribution in [3.63, 3.8) is 0 Å². The molecule has 33 heavy (non-hydrogen) atoms. The van der Waals surface area contributed by atoms with Crippen LogP contribution in [0, 0.1) is 0 Å². The first-order chi connectivity index (χ1) is 14.5. The van der Waals surface area contributed by atoms with E-state index < -0.39 is 76.2 Å². The Bertz CT molecular complexity index is 1230. The number of benzene rings is 2. The van der Waals surface area contributed by atoms with Crippen LogP contribution in [0.3, 0.4) is 0 Å². The van der Waals surface area contributed by atoms with Gasteiger partial charge in [0.1, 0.15) is 9.79 Å². The van der Waals surface area contributed by atoms with Gasteiger partial charge in [-0.3, -0.25) is 9.11 Å². The topological polar surface area (TPSA) is 269 Å². The first-order valence-electron chi connectivity index (χ1n) is 7.56. The van der Waals surface area contributed by atoms with Gasteiger partial charge in [0.25, 0.3) is 20.2 Å². The van der Waals surface area contributed by atoms with E-state index in [0.29, 0.717) is 0 Å². The van der Waals surface area contributed by atoms with Crippen molar-refractivity contribution in [2.75, 3.05) is 0 Å². The average Bonchev–Trinajstić information content (AvgIpc) is 2.65. The average molecular weight is 696 g/mol. The van der Waals surface area contributed by atoms with Gasteiger partial charge in [-0.2, -0.15) is 16.8 Å². The van der Waals surface area contributed by atoms with Gasteiger partial charge in [-0.25, -0.2) is 0 Å². The van der Waals surface area contributed by atoms with Gasteiger partial charge in [0.05, 0.1) is 23.9 Å². The first-order valence-corrected chi connectivity index (χ1v) is 10.4. The molecule has 176 valence electrons. The molecule has 2 aromatic carbocycles. The molecule has 0 amide bonds. The molecule has 17 heteroatoms. The van der Waals surface area contributed by atoms with Gasteiger partial charge in [-0.1, -0.05) is 24.3 Å². The SMILES string of the molecule is O=C([O-])c1cccc(S(=O)(=O)O)c1C(=O)[O-].O=C([O-])c1cccc(S(=O)(=O)O)c1C(=O)[O-].[Pb]. The fraction of sp³-hybridized carbons (Fsp3) is 0. The maximum Gasteiger partial charge on any atom is 0.295 e. The molecule has 4 radical (unpaired) electrons. The van der Waals surface area contributed by atoms with Crippen LogP contribution in [0.15, 0.2) is 46.2 Å². The molecule has 0 aliphatic carbocycles. The Morgan fingerprint density at radius 1 is 0.576 bits per heavy atom. The molecule has 0 saturated heterocycles. The molecule has 2 rings (SSSR count). The summed E-state index contributed by atoms with van der Waals surface area (Å²) in [6.45, 7) is 0. The summed E-state index contributed by atoms with van der Waals surface area (Å²) >= 11 is 0. The number of carboxylic acids is 4. The number of carbonyl (C=O) groups excluding carboxylic acids is 4. The molecule has 2 N–H and O–H groups in total. The minimum absolute atomic E-state index is 0. The number of hydrogen-bond donors (Lipinski definition) is 2. The van der Waals surface area contributed by atoms with E-state index in [-0.39, 0.29) is 27.3 Å². The third-order valence-electron chi connectivity index (χ3n) is 3.46. The van der Waals surface area contributed by atoms with Crippen molar-refractivity contribution in [2.45, 2.75) is 9.79 Å². The van der Waals surface area contributed by atoms with Gasteiger partial charge in [-0.05, 0) is 12.1 Å². The predicted molar refractivity (Wildman–Crippen MR) is 95.6 cm³/mol. The minimum atomic E-state index is -4.85. The molecule has 14 nitrogen and oxygen atoms in total. The maximum atomic E-state index is 10.8. The van der Waals surface area contributed by atoms with Gasteiger partial charge >= 0.3 is 0 Å². The molecule has 0 bridgehead atoms.